The predicted molar refractivity (Wildman–Crippen MR) is 125 cm³/mol. The van der Waals surface area contributed by atoms with Gasteiger partial charge in [-0.15, -0.1) is 0 Å². The molecule has 3 heterocycles. The van der Waals surface area contributed by atoms with Gasteiger partial charge in [-0.25, -0.2) is 18.7 Å². The Morgan fingerprint density at radius 2 is 1.89 bits per heavy atom. The number of piperidine rings is 1. The Hall–Kier alpha value is -3.79. The van der Waals surface area contributed by atoms with Crippen LogP contribution in [0, 0.1) is 11.6 Å². The first kappa shape index (κ1) is 24.3. The van der Waals surface area contributed by atoms with Crippen molar-refractivity contribution < 1.29 is 27.8 Å². The minimum Gasteiger partial charge on any atom is -0.487 e. The Balaban J connectivity index is 1.63. The van der Waals surface area contributed by atoms with Crippen LogP contribution in [0.4, 0.5) is 14.6 Å². The summed E-state index contributed by atoms with van der Waals surface area (Å²) in [5, 5.41) is 0. The molecule has 2 N–H and O–H groups in total. The predicted octanol–water partition coefficient (Wildman–Crippen LogP) is 3.72. The third-order valence-corrected chi connectivity index (χ3v) is 5.80. The second-order valence-corrected chi connectivity index (χ2v) is 8.09. The van der Waals surface area contributed by atoms with Crippen LogP contribution in [0.1, 0.15) is 28.9 Å². The molecule has 1 aromatic carbocycles. The Labute approximate surface area is 201 Å². The van der Waals surface area contributed by atoms with E-state index in [0.29, 0.717) is 49.5 Å². The van der Waals surface area contributed by atoms with Gasteiger partial charge in [0.2, 0.25) is 5.88 Å². The van der Waals surface area contributed by atoms with E-state index < -0.39 is 17.5 Å². The molecule has 8 nitrogen and oxygen atoms in total. The molecule has 1 aliphatic rings. The first-order chi connectivity index (χ1) is 16.9. The van der Waals surface area contributed by atoms with E-state index in [0.717, 1.165) is 11.8 Å². The number of hydrogen-bond acceptors (Lipinski definition) is 7. The van der Waals surface area contributed by atoms with E-state index in [4.69, 9.17) is 24.9 Å². The quantitative estimate of drug-likeness (QED) is 0.520. The summed E-state index contributed by atoms with van der Waals surface area (Å²) in [6.45, 7) is 1.45. The molecule has 0 unspecified atom stereocenters. The summed E-state index contributed by atoms with van der Waals surface area (Å²) in [6.07, 6.45) is 2.49. The van der Waals surface area contributed by atoms with Crippen LogP contribution in [0.2, 0.25) is 0 Å². The summed E-state index contributed by atoms with van der Waals surface area (Å²) in [7, 11) is 3.01. The SMILES string of the molecule is COCc1ccc(-c2ccnc(OC)c2C(N)=O)c(N2CCC(Oc3ccc(F)cc3F)CC2)n1. The number of benzene rings is 1. The summed E-state index contributed by atoms with van der Waals surface area (Å²) < 4.78 is 43.5. The van der Waals surface area contributed by atoms with Gasteiger partial charge in [-0.3, -0.25) is 4.79 Å². The number of nitrogens with zero attached hydrogens (tertiary/aromatic N) is 3. The zero-order valence-corrected chi connectivity index (χ0v) is 19.5. The fourth-order valence-corrected chi connectivity index (χ4v) is 4.16. The number of hydrogen-bond donors (Lipinski definition) is 1. The molecule has 0 spiro atoms. The summed E-state index contributed by atoms with van der Waals surface area (Å²) in [5.41, 5.74) is 7.81. The Kier molecular flexibility index (Phi) is 7.40. The van der Waals surface area contributed by atoms with Crippen molar-refractivity contribution >= 4 is 11.7 Å². The van der Waals surface area contributed by atoms with E-state index in [9.17, 15) is 13.6 Å². The third-order valence-electron chi connectivity index (χ3n) is 5.80. The molecule has 0 bridgehead atoms. The number of methoxy groups -OCH3 is 2. The molecule has 1 fully saturated rings. The molecule has 0 radical (unpaired) electrons. The van der Waals surface area contributed by atoms with Gasteiger partial charge < -0.3 is 24.8 Å². The summed E-state index contributed by atoms with van der Waals surface area (Å²) in [5.74, 6) is -1.22. The van der Waals surface area contributed by atoms with Crippen LogP contribution < -0.4 is 20.1 Å². The van der Waals surface area contributed by atoms with Gasteiger partial charge in [-0.1, -0.05) is 0 Å². The van der Waals surface area contributed by atoms with E-state index in [1.54, 1.807) is 19.4 Å². The number of ether oxygens (including phenoxy) is 3. The zero-order chi connectivity index (χ0) is 24.9. The lowest BCUT2D eigenvalue weighted by atomic mass is 9.99. The number of rotatable bonds is 8. The largest absolute Gasteiger partial charge is 0.487 e. The van der Waals surface area contributed by atoms with Crippen LogP contribution in [0.15, 0.2) is 42.6 Å². The fourth-order valence-electron chi connectivity index (χ4n) is 4.16. The van der Waals surface area contributed by atoms with Crippen molar-refractivity contribution in [1.82, 2.24) is 9.97 Å². The number of halogens is 2. The highest BCUT2D eigenvalue weighted by atomic mass is 19.1. The van der Waals surface area contributed by atoms with Gasteiger partial charge in [0.1, 0.15) is 23.3 Å². The first-order valence-corrected chi connectivity index (χ1v) is 11.1. The maximum atomic E-state index is 14.0. The highest BCUT2D eigenvalue weighted by Crippen LogP contribution is 2.36. The number of nitrogens with two attached hydrogens (primary N) is 1. The lowest BCUT2D eigenvalue weighted by Gasteiger charge is -2.34. The number of primary amides is 1. The van der Waals surface area contributed by atoms with Gasteiger partial charge in [0.25, 0.3) is 5.91 Å². The molecule has 1 saturated heterocycles. The molecule has 1 amide bonds. The van der Waals surface area contributed by atoms with Crippen molar-refractivity contribution in [1.29, 1.82) is 0 Å². The number of anilines is 1. The van der Waals surface area contributed by atoms with Crippen molar-refractivity contribution in [3.63, 3.8) is 0 Å². The van der Waals surface area contributed by atoms with Gasteiger partial charge in [-0.2, -0.15) is 0 Å². The number of carbonyl (C=O) groups excluding carboxylic acids is 1. The lowest BCUT2D eigenvalue weighted by Crippen LogP contribution is -2.39. The van der Waals surface area contributed by atoms with E-state index in [1.165, 1.54) is 19.2 Å². The molecule has 10 heteroatoms. The van der Waals surface area contributed by atoms with Crippen LogP contribution in [-0.2, 0) is 11.3 Å². The zero-order valence-electron chi connectivity index (χ0n) is 19.5. The van der Waals surface area contributed by atoms with Crippen molar-refractivity contribution in [3.05, 3.63) is 65.5 Å². The fraction of sp³-hybridized carbons (Fsp3) is 0.320. The monoisotopic (exact) mass is 484 g/mol. The molecule has 4 rings (SSSR count). The van der Waals surface area contributed by atoms with Gasteiger partial charge in [0, 0.05) is 56.4 Å². The highest BCUT2D eigenvalue weighted by Gasteiger charge is 2.27. The number of amides is 1. The summed E-state index contributed by atoms with van der Waals surface area (Å²) >= 11 is 0. The number of pyridine rings is 2. The molecule has 3 aromatic rings. The minimum absolute atomic E-state index is 0.0285. The van der Waals surface area contributed by atoms with Gasteiger partial charge in [0.15, 0.2) is 11.6 Å². The number of aromatic nitrogens is 2. The Morgan fingerprint density at radius 3 is 2.54 bits per heavy atom. The van der Waals surface area contributed by atoms with Gasteiger partial charge in [-0.05, 0) is 30.3 Å². The average molecular weight is 485 g/mol. The molecule has 184 valence electrons. The maximum absolute atomic E-state index is 14.0. The van der Waals surface area contributed by atoms with Gasteiger partial charge >= 0.3 is 0 Å². The lowest BCUT2D eigenvalue weighted by molar-refractivity contribution is 0.0997. The Bertz CT molecular complexity index is 1220. The molecule has 35 heavy (non-hydrogen) atoms. The normalized spacial score (nSPS) is 14.1. The van der Waals surface area contributed by atoms with Crippen LogP contribution in [-0.4, -0.2) is 49.3 Å². The van der Waals surface area contributed by atoms with E-state index >= 15 is 0 Å². The highest BCUT2D eigenvalue weighted by molar-refractivity contribution is 6.03. The molecule has 0 atom stereocenters. The van der Waals surface area contributed by atoms with Crippen molar-refractivity contribution in [2.45, 2.75) is 25.6 Å². The maximum Gasteiger partial charge on any atom is 0.254 e. The minimum atomic E-state index is -0.728. The molecular formula is C25H26F2N4O4. The van der Waals surface area contributed by atoms with Crippen molar-refractivity contribution in [2.75, 3.05) is 32.2 Å². The second-order valence-electron chi connectivity index (χ2n) is 8.09. The molecular weight excluding hydrogens is 458 g/mol. The van der Waals surface area contributed by atoms with Crippen molar-refractivity contribution in [2.24, 2.45) is 5.73 Å². The second kappa shape index (κ2) is 10.6. The topological polar surface area (TPSA) is 99.8 Å². The van der Waals surface area contributed by atoms with Crippen LogP contribution in [0.25, 0.3) is 11.1 Å². The summed E-state index contributed by atoms with van der Waals surface area (Å²) in [6, 6.07) is 8.67. The first-order valence-electron chi connectivity index (χ1n) is 11.1. The number of carbonyl (C=O) groups is 1. The van der Waals surface area contributed by atoms with E-state index in [1.807, 2.05) is 12.1 Å². The Morgan fingerprint density at radius 1 is 1.11 bits per heavy atom. The molecule has 1 aliphatic heterocycles. The third kappa shape index (κ3) is 5.32. The van der Waals surface area contributed by atoms with Crippen LogP contribution >= 0.6 is 0 Å². The molecule has 0 aliphatic carbocycles. The van der Waals surface area contributed by atoms with Crippen LogP contribution in [0.5, 0.6) is 11.6 Å². The standard InChI is InChI=1S/C25H26F2N4O4/c1-33-14-16-4-5-19(18-7-10-29-25(34-2)22(18)23(28)32)24(30-16)31-11-8-17(9-12-31)35-21-6-3-15(26)13-20(21)27/h3-7,10,13,17H,8-9,11-12,14H2,1-2H3,(H2,28,32). The van der Waals surface area contributed by atoms with E-state index in [-0.39, 0.29) is 23.3 Å². The van der Waals surface area contributed by atoms with Crippen LogP contribution in [0.3, 0.4) is 0 Å². The molecule has 0 saturated carbocycles. The van der Waals surface area contributed by atoms with Gasteiger partial charge in [0.05, 0.1) is 19.4 Å². The average Bonchev–Trinajstić information content (AvgIpc) is 2.86. The smallest absolute Gasteiger partial charge is 0.254 e. The molecule has 2 aromatic heterocycles. The van der Waals surface area contributed by atoms with E-state index in [2.05, 4.69) is 9.88 Å². The summed E-state index contributed by atoms with van der Waals surface area (Å²) in [4.78, 5) is 23.3. The van der Waals surface area contributed by atoms with Crippen molar-refractivity contribution in [3.8, 4) is 22.8 Å².